The van der Waals surface area contributed by atoms with Crippen molar-refractivity contribution < 1.29 is 23.1 Å². The van der Waals surface area contributed by atoms with E-state index in [1.165, 1.54) is 12.1 Å². The second-order valence-corrected chi connectivity index (χ2v) is 10.1. The monoisotopic (exact) mass is 529 g/mol. The van der Waals surface area contributed by atoms with Crippen molar-refractivity contribution in [2.45, 2.75) is 39.7 Å². The summed E-state index contributed by atoms with van der Waals surface area (Å²) < 4.78 is 32.0. The van der Waals surface area contributed by atoms with Crippen LogP contribution < -0.4 is 14.9 Å². The molecule has 2 heterocycles. The van der Waals surface area contributed by atoms with E-state index in [-0.39, 0.29) is 28.2 Å². The first kappa shape index (κ1) is 26.5. The number of nitrogens with zero attached hydrogens (tertiary/aromatic N) is 1. The Balaban J connectivity index is 1.60. The SMILES string of the molecule is CCOc1cc(C2c3c(oc4ccc(F)cc4c3=O)C(=O)N2CCc2ccccc2)ccc1OCCC(C)C. The molecule has 1 amide bonds. The Kier molecular flexibility index (Phi) is 7.68. The maximum atomic E-state index is 14.1. The average molecular weight is 530 g/mol. The van der Waals surface area contributed by atoms with E-state index in [9.17, 15) is 14.0 Å². The molecule has 0 saturated carbocycles. The predicted molar refractivity (Wildman–Crippen MR) is 148 cm³/mol. The summed E-state index contributed by atoms with van der Waals surface area (Å²) in [5.41, 5.74) is 1.73. The third-order valence-electron chi connectivity index (χ3n) is 6.95. The van der Waals surface area contributed by atoms with Crippen LogP contribution in [0.15, 0.2) is 75.9 Å². The lowest BCUT2D eigenvalue weighted by Gasteiger charge is -2.26. The third kappa shape index (κ3) is 5.39. The fraction of sp³-hybridized carbons (Fsp3) is 0.312. The molecule has 6 nitrogen and oxygen atoms in total. The van der Waals surface area contributed by atoms with Gasteiger partial charge < -0.3 is 18.8 Å². The molecular formula is C32H32FNO5. The van der Waals surface area contributed by atoms with Gasteiger partial charge in [-0.1, -0.05) is 50.2 Å². The molecule has 0 radical (unpaired) electrons. The smallest absolute Gasteiger partial charge is 0.290 e. The van der Waals surface area contributed by atoms with Crippen molar-refractivity contribution in [3.63, 3.8) is 0 Å². The number of hydrogen-bond acceptors (Lipinski definition) is 5. The Hall–Kier alpha value is -4.13. The van der Waals surface area contributed by atoms with Gasteiger partial charge in [0, 0.05) is 6.54 Å². The standard InChI is InChI=1S/C32H32FNO5/c1-4-37-27-18-22(10-12-26(27)38-17-15-20(2)3)29-28-30(35)24-19-23(33)11-13-25(24)39-31(28)32(36)34(29)16-14-21-8-6-5-7-9-21/h5-13,18-20,29H,4,14-17H2,1-3H3. The van der Waals surface area contributed by atoms with E-state index in [0.29, 0.717) is 49.2 Å². The zero-order chi connectivity index (χ0) is 27.5. The largest absolute Gasteiger partial charge is 0.490 e. The normalized spacial score (nSPS) is 14.7. The molecule has 1 unspecified atom stereocenters. The quantitative estimate of drug-likeness (QED) is 0.233. The van der Waals surface area contributed by atoms with Crippen molar-refractivity contribution in [3.8, 4) is 11.5 Å². The summed E-state index contributed by atoms with van der Waals surface area (Å²) in [6.45, 7) is 7.49. The zero-order valence-corrected chi connectivity index (χ0v) is 22.4. The van der Waals surface area contributed by atoms with Crippen LogP contribution in [0.1, 0.15) is 60.5 Å². The minimum Gasteiger partial charge on any atom is -0.490 e. The number of benzene rings is 3. The van der Waals surface area contributed by atoms with Crippen molar-refractivity contribution in [3.05, 3.63) is 105 Å². The molecule has 0 spiro atoms. The number of halogens is 1. The molecule has 0 saturated heterocycles. The van der Waals surface area contributed by atoms with E-state index in [2.05, 4.69) is 13.8 Å². The van der Waals surface area contributed by atoms with Gasteiger partial charge in [-0.2, -0.15) is 0 Å². The van der Waals surface area contributed by atoms with Gasteiger partial charge in [-0.3, -0.25) is 9.59 Å². The van der Waals surface area contributed by atoms with Gasteiger partial charge in [-0.15, -0.1) is 0 Å². The maximum Gasteiger partial charge on any atom is 0.290 e. The van der Waals surface area contributed by atoms with Crippen LogP contribution in [-0.4, -0.2) is 30.6 Å². The molecule has 3 aromatic carbocycles. The number of ether oxygens (including phenoxy) is 2. The number of hydrogen-bond donors (Lipinski definition) is 0. The van der Waals surface area contributed by atoms with Crippen LogP contribution in [0.3, 0.4) is 0 Å². The Labute approximate surface area is 227 Å². The highest BCUT2D eigenvalue weighted by Gasteiger charge is 2.42. The molecule has 0 fully saturated rings. The van der Waals surface area contributed by atoms with E-state index in [1.807, 2.05) is 55.5 Å². The highest BCUT2D eigenvalue weighted by atomic mass is 19.1. The number of carbonyl (C=O) groups is 1. The molecule has 7 heteroatoms. The predicted octanol–water partition coefficient (Wildman–Crippen LogP) is 6.54. The van der Waals surface area contributed by atoms with Gasteiger partial charge in [-0.05, 0) is 67.1 Å². The summed E-state index contributed by atoms with van der Waals surface area (Å²) >= 11 is 0. The minimum absolute atomic E-state index is 0.00705. The molecular weight excluding hydrogens is 497 g/mol. The number of fused-ring (bicyclic) bond motifs is 2. The van der Waals surface area contributed by atoms with Crippen molar-refractivity contribution in [2.75, 3.05) is 19.8 Å². The lowest BCUT2D eigenvalue weighted by molar-refractivity contribution is 0.0729. The molecule has 0 N–H and O–H groups in total. The summed E-state index contributed by atoms with van der Waals surface area (Å²) in [6.07, 6.45) is 1.49. The van der Waals surface area contributed by atoms with Crippen LogP contribution >= 0.6 is 0 Å². The van der Waals surface area contributed by atoms with Crippen molar-refractivity contribution >= 4 is 16.9 Å². The van der Waals surface area contributed by atoms with Gasteiger partial charge in [0.2, 0.25) is 5.76 Å². The van der Waals surface area contributed by atoms with E-state index in [0.717, 1.165) is 18.1 Å². The Bertz CT molecular complexity index is 1550. The minimum atomic E-state index is -0.718. The highest BCUT2D eigenvalue weighted by Crippen LogP contribution is 2.41. The van der Waals surface area contributed by atoms with Gasteiger partial charge >= 0.3 is 0 Å². The van der Waals surface area contributed by atoms with Gasteiger partial charge in [0.15, 0.2) is 16.9 Å². The second-order valence-electron chi connectivity index (χ2n) is 10.1. The molecule has 0 bridgehead atoms. The van der Waals surface area contributed by atoms with Crippen LogP contribution in [0.25, 0.3) is 11.0 Å². The van der Waals surface area contributed by atoms with E-state index in [4.69, 9.17) is 13.9 Å². The van der Waals surface area contributed by atoms with Crippen LogP contribution in [0.5, 0.6) is 11.5 Å². The molecule has 1 aromatic heterocycles. The summed E-state index contributed by atoms with van der Waals surface area (Å²) in [6, 6.07) is 18.4. The lowest BCUT2D eigenvalue weighted by Crippen LogP contribution is -2.31. The number of amides is 1. The van der Waals surface area contributed by atoms with Gasteiger partial charge in [0.1, 0.15) is 11.4 Å². The third-order valence-corrected chi connectivity index (χ3v) is 6.95. The van der Waals surface area contributed by atoms with Gasteiger partial charge in [0.05, 0.1) is 30.2 Å². The second kappa shape index (κ2) is 11.3. The first-order chi connectivity index (χ1) is 18.9. The van der Waals surface area contributed by atoms with Crippen LogP contribution in [0, 0.1) is 11.7 Å². The number of carbonyl (C=O) groups excluding carboxylic acids is 1. The zero-order valence-electron chi connectivity index (χ0n) is 22.4. The van der Waals surface area contributed by atoms with Crippen LogP contribution in [-0.2, 0) is 6.42 Å². The Morgan fingerprint density at radius 1 is 0.974 bits per heavy atom. The fourth-order valence-corrected chi connectivity index (χ4v) is 4.95. The number of rotatable bonds is 10. The van der Waals surface area contributed by atoms with E-state index in [1.54, 1.807) is 4.90 Å². The van der Waals surface area contributed by atoms with Crippen molar-refractivity contribution in [2.24, 2.45) is 5.92 Å². The van der Waals surface area contributed by atoms with E-state index < -0.39 is 17.3 Å². The first-order valence-electron chi connectivity index (χ1n) is 13.4. The average Bonchev–Trinajstić information content (AvgIpc) is 3.20. The molecule has 1 atom stereocenters. The summed E-state index contributed by atoms with van der Waals surface area (Å²) in [5, 5.41) is 0.107. The lowest BCUT2D eigenvalue weighted by atomic mass is 9.97. The van der Waals surface area contributed by atoms with Crippen LogP contribution in [0.4, 0.5) is 4.39 Å². The molecule has 1 aliphatic heterocycles. The van der Waals surface area contributed by atoms with Gasteiger partial charge in [0.25, 0.3) is 5.91 Å². The summed E-state index contributed by atoms with van der Waals surface area (Å²) in [4.78, 5) is 29.1. The molecule has 39 heavy (non-hydrogen) atoms. The molecule has 5 rings (SSSR count). The van der Waals surface area contributed by atoms with E-state index >= 15 is 0 Å². The topological polar surface area (TPSA) is 69.0 Å². The van der Waals surface area contributed by atoms with Gasteiger partial charge in [-0.25, -0.2) is 4.39 Å². The fourth-order valence-electron chi connectivity index (χ4n) is 4.95. The molecule has 202 valence electrons. The first-order valence-corrected chi connectivity index (χ1v) is 13.4. The Morgan fingerprint density at radius 3 is 2.51 bits per heavy atom. The van der Waals surface area contributed by atoms with Crippen LogP contribution in [0.2, 0.25) is 0 Å². The molecule has 1 aliphatic rings. The molecule has 4 aromatic rings. The highest BCUT2D eigenvalue weighted by molar-refractivity contribution is 5.99. The van der Waals surface area contributed by atoms with Crippen molar-refractivity contribution in [1.29, 1.82) is 0 Å². The summed E-state index contributed by atoms with van der Waals surface area (Å²) in [7, 11) is 0. The summed E-state index contributed by atoms with van der Waals surface area (Å²) in [5.74, 6) is 0.723. The maximum absolute atomic E-state index is 14.1. The Morgan fingerprint density at radius 2 is 1.77 bits per heavy atom. The van der Waals surface area contributed by atoms with Crippen molar-refractivity contribution in [1.82, 2.24) is 4.90 Å². The molecule has 0 aliphatic carbocycles.